The molecule has 14 heteroatoms. The summed E-state index contributed by atoms with van der Waals surface area (Å²) in [6.45, 7) is 3.86. The minimum absolute atomic E-state index is 0.158. The van der Waals surface area contributed by atoms with E-state index < -0.39 is 56.9 Å². The van der Waals surface area contributed by atoms with Crippen molar-refractivity contribution in [3.8, 4) is 0 Å². The Morgan fingerprint density at radius 2 is 1.57 bits per heavy atom. The van der Waals surface area contributed by atoms with Crippen molar-refractivity contribution in [3.05, 3.63) is 62.6 Å². The highest BCUT2D eigenvalue weighted by atomic mass is 35.5. The molecule has 0 saturated heterocycles. The highest BCUT2D eigenvalue weighted by Gasteiger charge is 2.35. The van der Waals surface area contributed by atoms with Gasteiger partial charge >= 0.3 is 6.18 Å². The molecule has 0 fully saturated rings. The normalized spacial score (nSPS) is 12.8. The summed E-state index contributed by atoms with van der Waals surface area (Å²) >= 11 is 17.7. The van der Waals surface area contributed by atoms with Gasteiger partial charge in [-0.1, -0.05) is 40.9 Å². The summed E-state index contributed by atoms with van der Waals surface area (Å²) in [5, 5.41) is 2.51. The smallest absolute Gasteiger partial charge is 0.352 e. The van der Waals surface area contributed by atoms with Gasteiger partial charge in [0.2, 0.25) is 21.8 Å². The zero-order valence-electron chi connectivity index (χ0n) is 20.2. The predicted molar refractivity (Wildman–Crippen MR) is 138 cm³/mol. The number of hydrogen-bond donors (Lipinski definition) is 1. The van der Waals surface area contributed by atoms with Crippen molar-refractivity contribution in [3.63, 3.8) is 0 Å². The first-order valence-electron chi connectivity index (χ1n) is 10.8. The summed E-state index contributed by atoms with van der Waals surface area (Å²) < 4.78 is 65.8. The van der Waals surface area contributed by atoms with Crippen molar-refractivity contribution < 1.29 is 31.2 Å². The molecule has 0 saturated carbocycles. The second-order valence-electron chi connectivity index (χ2n) is 8.54. The van der Waals surface area contributed by atoms with Crippen LogP contribution in [0.4, 0.5) is 18.9 Å². The van der Waals surface area contributed by atoms with Gasteiger partial charge < -0.3 is 10.2 Å². The van der Waals surface area contributed by atoms with Gasteiger partial charge in [0.25, 0.3) is 0 Å². The molecule has 2 aromatic carbocycles. The number of sulfonamides is 1. The standard InChI is InChI=1S/C23H25Cl3F3N3O4S/c1-13(2)30-22(34)14(3)31(11-15-5-7-19(25)20(26)9-15)21(33)12-32(37(4,35)36)16-6-8-18(24)17(10-16)23(27,28)29/h5-10,13-14H,11-12H2,1-4H3,(H,30,34). The average Bonchev–Trinajstić information content (AvgIpc) is 2.76. The number of nitrogens with zero attached hydrogens (tertiary/aromatic N) is 2. The number of amides is 2. The average molecular weight is 603 g/mol. The fraction of sp³-hybridized carbons (Fsp3) is 0.391. The molecule has 0 heterocycles. The monoisotopic (exact) mass is 601 g/mol. The molecule has 0 aromatic heterocycles. The van der Waals surface area contributed by atoms with Crippen LogP contribution >= 0.6 is 34.8 Å². The minimum atomic E-state index is -4.86. The van der Waals surface area contributed by atoms with E-state index in [2.05, 4.69) is 5.32 Å². The second kappa shape index (κ2) is 12.1. The minimum Gasteiger partial charge on any atom is -0.352 e. The van der Waals surface area contributed by atoms with E-state index in [0.717, 1.165) is 23.3 Å². The highest BCUT2D eigenvalue weighted by Crippen LogP contribution is 2.37. The highest BCUT2D eigenvalue weighted by molar-refractivity contribution is 7.92. The topological polar surface area (TPSA) is 86.8 Å². The first-order valence-corrected chi connectivity index (χ1v) is 13.8. The van der Waals surface area contributed by atoms with E-state index in [9.17, 15) is 31.2 Å². The van der Waals surface area contributed by atoms with Crippen LogP contribution < -0.4 is 9.62 Å². The van der Waals surface area contributed by atoms with Crippen molar-refractivity contribution in [2.24, 2.45) is 0 Å². The van der Waals surface area contributed by atoms with Crippen LogP contribution in [0.1, 0.15) is 31.9 Å². The molecule has 204 valence electrons. The van der Waals surface area contributed by atoms with Crippen LogP contribution in [0.2, 0.25) is 15.1 Å². The van der Waals surface area contributed by atoms with Gasteiger partial charge in [-0.15, -0.1) is 0 Å². The summed E-state index contributed by atoms with van der Waals surface area (Å²) in [5.74, 6) is -1.36. The zero-order chi connectivity index (χ0) is 28.3. The van der Waals surface area contributed by atoms with Crippen LogP contribution in [-0.2, 0) is 32.3 Å². The van der Waals surface area contributed by atoms with Crippen LogP contribution in [0.5, 0.6) is 0 Å². The lowest BCUT2D eigenvalue weighted by molar-refractivity contribution is -0.139. The molecule has 0 radical (unpaired) electrons. The van der Waals surface area contributed by atoms with Gasteiger partial charge in [-0.3, -0.25) is 13.9 Å². The first-order chi connectivity index (χ1) is 16.9. The van der Waals surface area contributed by atoms with Crippen LogP contribution in [0.15, 0.2) is 36.4 Å². The zero-order valence-corrected chi connectivity index (χ0v) is 23.3. The van der Waals surface area contributed by atoms with Gasteiger partial charge in [-0.05, 0) is 56.7 Å². The van der Waals surface area contributed by atoms with Crippen molar-refractivity contribution in [2.45, 2.75) is 45.6 Å². The molecule has 0 bridgehead atoms. The van der Waals surface area contributed by atoms with Gasteiger partial charge in [0.05, 0.1) is 32.6 Å². The quantitative estimate of drug-likeness (QED) is 0.418. The lowest BCUT2D eigenvalue weighted by atomic mass is 10.1. The van der Waals surface area contributed by atoms with Gasteiger partial charge in [0.1, 0.15) is 12.6 Å². The largest absolute Gasteiger partial charge is 0.417 e. The van der Waals surface area contributed by atoms with E-state index in [-0.39, 0.29) is 22.6 Å². The molecule has 0 aliphatic carbocycles. The van der Waals surface area contributed by atoms with E-state index in [1.165, 1.54) is 19.1 Å². The lowest BCUT2D eigenvalue weighted by Crippen LogP contribution is -2.52. The Bertz CT molecular complexity index is 1270. The molecule has 1 atom stereocenters. The number of nitrogens with one attached hydrogen (secondary N) is 1. The van der Waals surface area contributed by atoms with E-state index >= 15 is 0 Å². The molecule has 0 aliphatic heterocycles. The number of hydrogen-bond acceptors (Lipinski definition) is 4. The summed E-state index contributed by atoms with van der Waals surface area (Å²) in [6, 6.07) is 5.75. The molecular formula is C23H25Cl3F3N3O4S. The maximum absolute atomic E-state index is 13.4. The molecule has 2 aromatic rings. The van der Waals surface area contributed by atoms with Crippen LogP contribution in [0.3, 0.4) is 0 Å². The third-order valence-corrected chi connectivity index (χ3v) is 7.37. The van der Waals surface area contributed by atoms with E-state index in [4.69, 9.17) is 34.8 Å². The molecule has 1 N–H and O–H groups in total. The summed E-state index contributed by atoms with van der Waals surface area (Å²) in [6.07, 6.45) is -4.11. The van der Waals surface area contributed by atoms with Crippen molar-refractivity contribution in [1.82, 2.24) is 10.2 Å². The Kier molecular flexibility index (Phi) is 10.1. The van der Waals surface area contributed by atoms with Crippen molar-refractivity contribution in [1.29, 1.82) is 0 Å². The maximum atomic E-state index is 13.4. The lowest BCUT2D eigenvalue weighted by Gasteiger charge is -2.32. The molecule has 2 rings (SSSR count). The molecular weight excluding hydrogens is 578 g/mol. The molecule has 2 amide bonds. The van der Waals surface area contributed by atoms with Gasteiger partial charge in [0, 0.05) is 12.6 Å². The van der Waals surface area contributed by atoms with E-state index in [0.29, 0.717) is 15.9 Å². The third kappa shape index (κ3) is 8.39. The first kappa shape index (κ1) is 31.0. The molecule has 0 spiro atoms. The second-order valence-corrected chi connectivity index (χ2v) is 11.7. The Morgan fingerprint density at radius 3 is 2.08 bits per heavy atom. The molecule has 0 aliphatic rings. The number of benzene rings is 2. The SMILES string of the molecule is CC(C)NC(=O)C(C)N(Cc1ccc(Cl)c(Cl)c1)C(=O)CN(c1ccc(Cl)c(C(F)(F)F)c1)S(C)(=O)=O. The Hall–Kier alpha value is -2.21. The Morgan fingerprint density at radius 1 is 0.973 bits per heavy atom. The van der Waals surface area contributed by atoms with Gasteiger partial charge in [0.15, 0.2) is 0 Å². The number of anilines is 1. The Balaban J connectivity index is 2.50. The summed E-state index contributed by atoms with van der Waals surface area (Å²) in [4.78, 5) is 27.3. The number of rotatable bonds is 9. The number of alkyl halides is 3. The van der Waals surface area contributed by atoms with Crippen molar-refractivity contribution >= 4 is 62.3 Å². The van der Waals surface area contributed by atoms with Crippen LogP contribution in [0, 0.1) is 0 Å². The van der Waals surface area contributed by atoms with Gasteiger partial charge in [-0.25, -0.2) is 8.42 Å². The predicted octanol–water partition coefficient (Wildman–Crippen LogP) is 5.37. The number of carbonyl (C=O) groups is 2. The number of carbonyl (C=O) groups excluding carboxylic acids is 2. The fourth-order valence-corrected chi connectivity index (χ4v) is 4.71. The molecule has 37 heavy (non-hydrogen) atoms. The van der Waals surface area contributed by atoms with Crippen LogP contribution in [0.25, 0.3) is 0 Å². The fourth-order valence-electron chi connectivity index (χ4n) is 3.32. The third-order valence-electron chi connectivity index (χ3n) is 5.16. The molecule has 1 unspecified atom stereocenters. The number of halogens is 6. The van der Waals surface area contributed by atoms with E-state index in [1.54, 1.807) is 19.9 Å². The van der Waals surface area contributed by atoms with Crippen molar-refractivity contribution in [2.75, 3.05) is 17.1 Å². The van der Waals surface area contributed by atoms with Gasteiger partial charge in [-0.2, -0.15) is 13.2 Å². The molecule has 7 nitrogen and oxygen atoms in total. The Labute approximate surface area is 228 Å². The van der Waals surface area contributed by atoms with Crippen LogP contribution in [-0.4, -0.2) is 50.0 Å². The maximum Gasteiger partial charge on any atom is 0.417 e. The summed E-state index contributed by atoms with van der Waals surface area (Å²) in [5.41, 5.74) is -1.19. The summed E-state index contributed by atoms with van der Waals surface area (Å²) in [7, 11) is -4.24. The van der Waals surface area contributed by atoms with E-state index in [1.807, 2.05) is 0 Å².